The molecule has 0 bridgehead atoms. The van der Waals surface area contributed by atoms with Gasteiger partial charge in [0.05, 0.1) is 6.61 Å². The Bertz CT molecular complexity index is 1060. The Morgan fingerprint density at radius 3 is 2.38 bits per heavy atom. The van der Waals surface area contributed by atoms with Gasteiger partial charge in [-0.1, -0.05) is 50.2 Å². The standard InChI is InChI=1S/C29H38F2N2O4/c1-21(2)15-33(27(34)26-18-32(12-13-35-26)16-22-8-6-5-7-9-22)17-23-10-11-24-25(14-23)37-20-29(4,31)28(3,30)19-36-24/h5-11,14,21,26H,12-13,15-20H2,1-4H3. The molecule has 1 saturated heterocycles. The maximum Gasteiger partial charge on any atom is 0.253 e. The van der Waals surface area contributed by atoms with Crippen molar-refractivity contribution in [3.05, 3.63) is 59.7 Å². The van der Waals surface area contributed by atoms with Crippen LogP contribution in [0.25, 0.3) is 0 Å². The molecule has 2 aromatic carbocycles. The summed E-state index contributed by atoms with van der Waals surface area (Å²) in [6.07, 6.45) is -0.547. The summed E-state index contributed by atoms with van der Waals surface area (Å²) >= 11 is 0. The number of amides is 1. The van der Waals surface area contributed by atoms with Crippen LogP contribution in [0.3, 0.4) is 0 Å². The minimum Gasteiger partial charge on any atom is -0.486 e. The predicted molar refractivity (Wildman–Crippen MR) is 138 cm³/mol. The van der Waals surface area contributed by atoms with Crippen LogP contribution in [0.1, 0.15) is 38.8 Å². The zero-order valence-electron chi connectivity index (χ0n) is 22.2. The molecule has 6 nitrogen and oxygen atoms in total. The Morgan fingerprint density at radius 2 is 1.70 bits per heavy atom. The van der Waals surface area contributed by atoms with Crippen molar-refractivity contribution in [2.24, 2.45) is 5.92 Å². The van der Waals surface area contributed by atoms with Crippen LogP contribution in [0, 0.1) is 5.92 Å². The summed E-state index contributed by atoms with van der Waals surface area (Å²) in [5, 5.41) is 0. The molecule has 1 amide bonds. The SMILES string of the molecule is CC(C)CN(Cc1ccc2c(c1)OCC(C)(F)C(C)(F)CO2)C(=O)C1CN(Cc2ccccc2)CCO1. The highest BCUT2D eigenvalue weighted by Gasteiger charge is 2.49. The van der Waals surface area contributed by atoms with Crippen molar-refractivity contribution in [2.45, 2.75) is 58.2 Å². The van der Waals surface area contributed by atoms with Gasteiger partial charge in [0.2, 0.25) is 0 Å². The third-order valence-electron chi connectivity index (χ3n) is 7.04. The van der Waals surface area contributed by atoms with E-state index in [1.54, 1.807) is 12.1 Å². The molecular formula is C29H38F2N2O4. The van der Waals surface area contributed by atoms with Crippen LogP contribution in [-0.2, 0) is 22.6 Å². The van der Waals surface area contributed by atoms with Crippen molar-refractivity contribution in [1.29, 1.82) is 0 Å². The summed E-state index contributed by atoms with van der Waals surface area (Å²) in [4.78, 5) is 17.7. The number of carbonyl (C=O) groups excluding carboxylic acids is 1. The van der Waals surface area contributed by atoms with Gasteiger partial charge in [0.1, 0.15) is 19.3 Å². The number of nitrogens with zero attached hydrogens (tertiary/aromatic N) is 2. The molecule has 2 aliphatic heterocycles. The van der Waals surface area contributed by atoms with Crippen molar-refractivity contribution in [2.75, 3.05) is 39.5 Å². The van der Waals surface area contributed by atoms with Crippen LogP contribution < -0.4 is 9.47 Å². The highest BCUT2D eigenvalue weighted by molar-refractivity contribution is 5.81. The Balaban J connectivity index is 1.46. The molecule has 1 fully saturated rings. The maximum absolute atomic E-state index is 14.9. The Kier molecular flexibility index (Phi) is 8.39. The van der Waals surface area contributed by atoms with Gasteiger partial charge in [-0.15, -0.1) is 0 Å². The average Bonchev–Trinajstić information content (AvgIpc) is 2.86. The zero-order chi connectivity index (χ0) is 26.6. The van der Waals surface area contributed by atoms with Crippen LogP contribution in [0.4, 0.5) is 8.78 Å². The van der Waals surface area contributed by atoms with E-state index in [-0.39, 0.29) is 11.8 Å². The molecule has 0 aromatic heterocycles. The largest absolute Gasteiger partial charge is 0.486 e. The fraction of sp³-hybridized carbons (Fsp3) is 0.552. The lowest BCUT2D eigenvalue weighted by Gasteiger charge is -2.36. The fourth-order valence-electron chi connectivity index (χ4n) is 4.54. The molecule has 8 heteroatoms. The predicted octanol–water partition coefficient (Wildman–Crippen LogP) is 4.80. The van der Waals surface area contributed by atoms with Gasteiger partial charge in [-0.2, -0.15) is 0 Å². The molecule has 0 saturated carbocycles. The van der Waals surface area contributed by atoms with Crippen LogP contribution in [0.15, 0.2) is 48.5 Å². The number of rotatable bonds is 7. The fourth-order valence-corrected chi connectivity index (χ4v) is 4.54. The summed E-state index contributed by atoms with van der Waals surface area (Å²) in [5.74, 6) is 0.903. The Morgan fingerprint density at radius 1 is 1.03 bits per heavy atom. The van der Waals surface area contributed by atoms with Crippen LogP contribution in [-0.4, -0.2) is 72.6 Å². The van der Waals surface area contributed by atoms with Crippen molar-refractivity contribution in [3.63, 3.8) is 0 Å². The van der Waals surface area contributed by atoms with Crippen molar-refractivity contribution in [1.82, 2.24) is 9.80 Å². The molecule has 3 unspecified atom stereocenters. The molecule has 202 valence electrons. The monoisotopic (exact) mass is 516 g/mol. The van der Waals surface area contributed by atoms with Crippen LogP contribution in [0.2, 0.25) is 0 Å². The average molecular weight is 517 g/mol. The molecular weight excluding hydrogens is 478 g/mol. The summed E-state index contributed by atoms with van der Waals surface area (Å²) in [6, 6.07) is 15.5. The van der Waals surface area contributed by atoms with Crippen molar-refractivity contribution in [3.8, 4) is 11.5 Å². The Labute approximate surface area is 218 Å². The quantitative estimate of drug-likeness (QED) is 0.529. The Hall–Kier alpha value is -2.71. The van der Waals surface area contributed by atoms with Gasteiger partial charge in [0, 0.05) is 32.7 Å². The lowest BCUT2D eigenvalue weighted by Crippen LogP contribution is -2.52. The second kappa shape index (κ2) is 11.4. The van der Waals surface area contributed by atoms with E-state index in [0.29, 0.717) is 37.7 Å². The van der Waals surface area contributed by atoms with Gasteiger partial charge in [0.25, 0.3) is 5.91 Å². The second-order valence-electron chi connectivity index (χ2n) is 10.9. The first-order chi connectivity index (χ1) is 17.5. The smallest absolute Gasteiger partial charge is 0.253 e. The number of hydrogen-bond donors (Lipinski definition) is 0. The molecule has 37 heavy (non-hydrogen) atoms. The van der Waals surface area contributed by atoms with Crippen molar-refractivity contribution >= 4 is 5.91 Å². The first-order valence-electron chi connectivity index (χ1n) is 13.0. The van der Waals surface area contributed by atoms with Gasteiger partial charge in [-0.25, -0.2) is 8.78 Å². The van der Waals surface area contributed by atoms with E-state index in [2.05, 4.69) is 30.9 Å². The summed E-state index contributed by atoms with van der Waals surface area (Å²) in [7, 11) is 0. The minimum absolute atomic E-state index is 0.0556. The third-order valence-corrected chi connectivity index (χ3v) is 7.04. The van der Waals surface area contributed by atoms with E-state index in [1.807, 2.05) is 29.2 Å². The molecule has 2 aliphatic rings. The number of morpholine rings is 1. The van der Waals surface area contributed by atoms with E-state index in [1.165, 1.54) is 19.4 Å². The van der Waals surface area contributed by atoms with Gasteiger partial charge < -0.3 is 19.1 Å². The van der Waals surface area contributed by atoms with Gasteiger partial charge in [-0.05, 0) is 43.0 Å². The van der Waals surface area contributed by atoms with E-state index in [9.17, 15) is 13.6 Å². The molecule has 4 rings (SSSR count). The number of ether oxygens (including phenoxy) is 3. The zero-order valence-corrected chi connectivity index (χ0v) is 22.2. The van der Waals surface area contributed by atoms with Crippen LogP contribution >= 0.6 is 0 Å². The van der Waals surface area contributed by atoms with Crippen LogP contribution in [0.5, 0.6) is 11.5 Å². The normalized spacial score (nSPS) is 26.4. The molecule has 0 spiro atoms. The van der Waals surface area contributed by atoms with E-state index < -0.39 is 30.7 Å². The van der Waals surface area contributed by atoms with E-state index >= 15 is 0 Å². The number of carbonyl (C=O) groups is 1. The van der Waals surface area contributed by atoms with Gasteiger partial charge in [-0.3, -0.25) is 9.69 Å². The molecule has 0 N–H and O–H groups in total. The summed E-state index contributed by atoms with van der Waals surface area (Å²) in [6.45, 7) is 9.14. The molecule has 2 heterocycles. The number of halogens is 2. The molecule has 0 radical (unpaired) electrons. The summed E-state index contributed by atoms with van der Waals surface area (Å²) < 4.78 is 46.7. The maximum atomic E-state index is 14.9. The highest BCUT2D eigenvalue weighted by atomic mass is 19.2. The van der Waals surface area contributed by atoms with Gasteiger partial charge in [0.15, 0.2) is 22.8 Å². The molecule has 2 aromatic rings. The number of hydrogen-bond acceptors (Lipinski definition) is 5. The van der Waals surface area contributed by atoms with E-state index in [0.717, 1.165) is 18.7 Å². The minimum atomic E-state index is -2.20. The first kappa shape index (κ1) is 27.3. The summed E-state index contributed by atoms with van der Waals surface area (Å²) in [5.41, 5.74) is -2.37. The second-order valence-corrected chi connectivity index (χ2v) is 10.9. The van der Waals surface area contributed by atoms with Crippen molar-refractivity contribution < 1.29 is 27.8 Å². The lowest BCUT2D eigenvalue weighted by atomic mass is 9.90. The highest BCUT2D eigenvalue weighted by Crippen LogP contribution is 2.38. The topological polar surface area (TPSA) is 51.2 Å². The molecule has 0 aliphatic carbocycles. The molecule has 3 atom stereocenters. The number of fused-ring (bicyclic) bond motifs is 1. The lowest BCUT2D eigenvalue weighted by molar-refractivity contribution is -0.151. The van der Waals surface area contributed by atoms with Gasteiger partial charge >= 0.3 is 0 Å². The number of alkyl halides is 2. The van der Waals surface area contributed by atoms with E-state index in [4.69, 9.17) is 14.2 Å². The first-order valence-corrected chi connectivity index (χ1v) is 13.0. The third kappa shape index (κ3) is 6.79. The number of benzene rings is 2.